The molecule has 3 aromatic rings. The Bertz CT molecular complexity index is 810. The zero-order valence-corrected chi connectivity index (χ0v) is 13.7. The summed E-state index contributed by atoms with van der Waals surface area (Å²) in [6.07, 6.45) is -3.96. The van der Waals surface area contributed by atoms with Crippen molar-refractivity contribution >= 4 is 28.6 Å². The van der Waals surface area contributed by atoms with Gasteiger partial charge in [0.25, 0.3) is 0 Å². The van der Waals surface area contributed by atoms with Gasteiger partial charge in [-0.3, -0.25) is 4.79 Å². The topological polar surface area (TPSA) is 127 Å². The van der Waals surface area contributed by atoms with Gasteiger partial charge in [0.15, 0.2) is 0 Å². The molecular formula is C18H20F3N3O2. The largest absolute Gasteiger partial charge is 0.416 e. The molecule has 0 saturated heterocycles. The van der Waals surface area contributed by atoms with E-state index < -0.39 is 11.7 Å². The van der Waals surface area contributed by atoms with E-state index in [1.54, 1.807) is 6.07 Å². The van der Waals surface area contributed by atoms with E-state index in [0.29, 0.717) is 11.4 Å². The van der Waals surface area contributed by atoms with Crippen LogP contribution in [-0.2, 0) is 11.0 Å². The van der Waals surface area contributed by atoms with Gasteiger partial charge in [-0.1, -0.05) is 60.7 Å². The van der Waals surface area contributed by atoms with Crippen LogP contribution in [-0.4, -0.2) is 11.9 Å². The molecule has 0 unspecified atom stereocenters. The SMILES string of the molecule is FC(F)(F)c1ccccc1.NC=O.Nc1ccc2ccccc2c1N.O. The first kappa shape index (κ1) is 22.7. The van der Waals surface area contributed by atoms with Gasteiger partial charge in [-0.25, -0.2) is 0 Å². The minimum Gasteiger partial charge on any atom is -0.412 e. The van der Waals surface area contributed by atoms with E-state index in [-0.39, 0.29) is 11.9 Å². The first-order valence-electron chi connectivity index (χ1n) is 7.11. The molecule has 1 amide bonds. The summed E-state index contributed by atoms with van der Waals surface area (Å²) in [4.78, 5) is 8.58. The number of primary amides is 1. The van der Waals surface area contributed by atoms with Gasteiger partial charge in [0.1, 0.15) is 0 Å². The maximum absolute atomic E-state index is 11.8. The maximum atomic E-state index is 11.8. The zero-order chi connectivity index (χ0) is 18.9. The lowest BCUT2D eigenvalue weighted by molar-refractivity contribution is -0.137. The van der Waals surface area contributed by atoms with Crippen molar-refractivity contribution in [2.24, 2.45) is 5.73 Å². The molecule has 8 heteroatoms. The number of nitrogen functional groups attached to an aromatic ring is 2. The van der Waals surface area contributed by atoms with Crippen LogP contribution in [0.15, 0.2) is 66.7 Å². The molecule has 0 saturated carbocycles. The molecule has 0 aliphatic carbocycles. The van der Waals surface area contributed by atoms with Crippen molar-refractivity contribution in [3.8, 4) is 0 Å². The predicted octanol–water partition coefficient (Wildman–Crippen LogP) is 2.99. The highest BCUT2D eigenvalue weighted by atomic mass is 19.4. The second-order valence-electron chi connectivity index (χ2n) is 4.79. The molecule has 0 atom stereocenters. The average molecular weight is 367 g/mol. The van der Waals surface area contributed by atoms with E-state index in [9.17, 15) is 13.2 Å². The van der Waals surface area contributed by atoms with Crippen LogP contribution in [0.25, 0.3) is 10.8 Å². The fourth-order valence-electron chi connectivity index (χ4n) is 1.94. The van der Waals surface area contributed by atoms with Gasteiger partial charge in [0.05, 0.1) is 16.9 Å². The molecule has 0 aliphatic heterocycles. The molecule has 0 radical (unpaired) electrons. The van der Waals surface area contributed by atoms with E-state index in [4.69, 9.17) is 16.3 Å². The first-order valence-corrected chi connectivity index (χ1v) is 7.11. The Morgan fingerprint density at radius 1 is 0.808 bits per heavy atom. The lowest BCUT2D eigenvalue weighted by Crippen LogP contribution is -2.03. The summed E-state index contributed by atoms with van der Waals surface area (Å²) in [7, 11) is 0. The third-order valence-electron chi connectivity index (χ3n) is 3.11. The number of anilines is 2. The maximum Gasteiger partial charge on any atom is 0.416 e. The van der Waals surface area contributed by atoms with Crippen LogP contribution in [0.4, 0.5) is 24.5 Å². The number of halogens is 3. The van der Waals surface area contributed by atoms with Crippen LogP contribution in [0.3, 0.4) is 0 Å². The monoisotopic (exact) mass is 367 g/mol. The zero-order valence-electron chi connectivity index (χ0n) is 13.7. The summed E-state index contributed by atoms with van der Waals surface area (Å²) in [5.74, 6) is 0. The average Bonchev–Trinajstić information content (AvgIpc) is 2.60. The number of alkyl halides is 3. The van der Waals surface area contributed by atoms with Crippen LogP contribution < -0.4 is 17.2 Å². The summed E-state index contributed by atoms with van der Waals surface area (Å²) in [5, 5.41) is 2.15. The molecule has 140 valence electrons. The number of carbonyl (C=O) groups is 1. The fourth-order valence-corrected chi connectivity index (χ4v) is 1.94. The molecule has 0 aromatic heterocycles. The Morgan fingerprint density at radius 3 is 1.81 bits per heavy atom. The van der Waals surface area contributed by atoms with Crippen molar-refractivity contribution in [2.75, 3.05) is 11.5 Å². The van der Waals surface area contributed by atoms with E-state index >= 15 is 0 Å². The summed E-state index contributed by atoms with van der Waals surface area (Å²) >= 11 is 0. The third kappa shape index (κ3) is 6.70. The van der Waals surface area contributed by atoms with E-state index in [1.165, 1.54) is 12.1 Å². The summed E-state index contributed by atoms with van der Waals surface area (Å²) in [6, 6.07) is 18.1. The Balaban J connectivity index is 0.000000410. The number of fused-ring (bicyclic) bond motifs is 1. The number of hydrogen-bond acceptors (Lipinski definition) is 3. The van der Waals surface area contributed by atoms with E-state index in [0.717, 1.165) is 22.9 Å². The molecule has 0 spiro atoms. The summed E-state index contributed by atoms with van der Waals surface area (Å²) < 4.78 is 35.4. The molecule has 0 aliphatic rings. The molecule has 0 bridgehead atoms. The van der Waals surface area contributed by atoms with Crippen molar-refractivity contribution in [1.29, 1.82) is 0 Å². The number of benzene rings is 3. The fraction of sp³-hybridized carbons (Fsp3) is 0.0556. The number of amides is 1. The second-order valence-corrected chi connectivity index (χ2v) is 4.79. The highest BCUT2D eigenvalue weighted by Gasteiger charge is 2.29. The van der Waals surface area contributed by atoms with Gasteiger partial charge < -0.3 is 22.7 Å². The predicted molar refractivity (Wildman–Crippen MR) is 98.1 cm³/mol. The Hall–Kier alpha value is -3.26. The molecule has 0 fully saturated rings. The molecule has 8 N–H and O–H groups in total. The second kappa shape index (κ2) is 10.6. The van der Waals surface area contributed by atoms with Crippen LogP contribution in [0.2, 0.25) is 0 Å². The van der Waals surface area contributed by atoms with Gasteiger partial charge in [-0.2, -0.15) is 13.2 Å². The highest BCUT2D eigenvalue weighted by Crippen LogP contribution is 2.28. The van der Waals surface area contributed by atoms with Crippen molar-refractivity contribution < 1.29 is 23.4 Å². The summed E-state index contributed by atoms with van der Waals surface area (Å²) in [6.45, 7) is 0. The number of carbonyl (C=O) groups excluding carboxylic acids is 1. The van der Waals surface area contributed by atoms with Gasteiger partial charge in [-0.15, -0.1) is 0 Å². The smallest absolute Gasteiger partial charge is 0.412 e. The van der Waals surface area contributed by atoms with E-state index in [1.807, 2.05) is 36.4 Å². The van der Waals surface area contributed by atoms with Gasteiger partial charge in [0.2, 0.25) is 6.41 Å². The quantitative estimate of drug-likeness (QED) is 0.417. The first-order chi connectivity index (χ1) is 11.8. The lowest BCUT2D eigenvalue weighted by atomic mass is 10.1. The normalized spacial score (nSPS) is 9.65. The minimum absolute atomic E-state index is 0. The Kier molecular flexibility index (Phi) is 9.25. The van der Waals surface area contributed by atoms with Crippen molar-refractivity contribution in [2.45, 2.75) is 6.18 Å². The molecule has 5 nitrogen and oxygen atoms in total. The standard InChI is InChI=1S/C10H10N2.C7H5F3.CH3NO.H2O/c11-9-6-5-7-3-1-2-4-8(7)10(9)12;8-7(9,10)6-4-2-1-3-5-6;2-1-3;/h1-6H,11-12H2;1-5H;1H,(H2,2,3);1H2. The lowest BCUT2D eigenvalue weighted by Gasteiger charge is -2.03. The Morgan fingerprint density at radius 2 is 1.31 bits per heavy atom. The van der Waals surface area contributed by atoms with Gasteiger partial charge >= 0.3 is 6.18 Å². The molecule has 3 rings (SSSR count). The van der Waals surface area contributed by atoms with Crippen LogP contribution in [0.5, 0.6) is 0 Å². The number of hydrogen-bond donors (Lipinski definition) is 3. The molecular weight excluding hydrogens is 347 g/mol. The highest BCUT2D eigenvalue weighted by molar-refractivity contribution is 5.98. The third-order valence-corrected chi connectivity index (χ3v) is 3.11. The number of rotatable bonds is 0. The minimum atomic E-state index is -4.21. The van der Waals surface area contributed by atoms with Crippen molar-refractivity contribution in [3.05, 3.63) is 72.3 Å². The van der Waals surface area contributed by atoms with Crippen LogP contribution >= 0.6 is 0 Å². The van der Waals surface area contributed by atoms with Crippen molar-refractivity contribution in [3.63, 3.8) is 0 Å². The van der Waals surface area contributed by atoms with Crippen LogP contribution in [0.1, 0.15) is 5.56 Å². The van der Waals surface area contributed by atoms with Crippen LogP contribution in [0, 0.1) is 0 Å². The number of nitrogens with two attached hydrogens (primary N) is 3. The Labute approximate surface area is 148 Å². The van der Waals surface area contributed by atoms with Gasteiger partial charge in [0, 0.05) is 5.39 Å². The van der Waals surface area contributed by atoms with E-state index in [2.05, 4.69) is 5.73 Å². The molecule has 0 heterocycles. The molecule has 3 aromatic carbocycles. The van der Waals surface area contributed by atoms with Crippen molar-refractivity contribution in [1.82, 2.24) is 0 Å². The molecule has 26 heavy (non-hydrogen) atoms. The summed E-state index contributed by atoms with van der Waals surface area (Å²) in [5.41, 5.74) is 16.3. The van der Waals surface area contributed by atoms with Gasteiger partial charge in [-0.05, 0) is 11.5 Å².